The number of thiophene rings is 1. The lowest BCUT2D eigenvalue weighted by Crippen LogP contribution is -2.30. The van der Waals surface area contributed by atoms with Crippen LogP contribution in [0.4, 0.5) is 0 Å². The van der Waals surface area contributed by atoms with Crippen molar-refractivity contribution in [3.8, 4) is 0 Å². The molecule has 1 N–H and O–H groups in total. The third-order valence-electron chi connectivity index (χ3n) is 3.92. The molecule has 5 nitrogen and oxygen atoms in total. The first-order chi connectivity index (χ1) is 12.0. The van der Waals surface area contributed by atoms with Gasteiger partial charge in [0.1, 0.15) is 0 Å². The zero-order valence-electron chi connectivity index (χ0n) is 14.6. The number of sulfonamides is 1. The van der Waals surface area contributed by atoms with Crippen molar-refractivity contribution in [3.63, 3.8) is 0 Å². The third-order valence-corrected chi connectivity index (χ3v) is 6.86. The lowest BCUT2D eigenvalue weighted by molar-refractivity contribution is -0.120. The fourth-order valence-electron chi connectivity index (χ4n) is 2.52. The molecule has 0 radical (unpaired) electrons. The zero-order valence-corrected chi connectivity index (χ0v) is 16.2. The quantitative estimate of drug-likeness (QED) is 0.727. The first-order valence-electron chi connectivity index (χ1n) is 8.35. The average molecular weight is 381 g/mol. The number of rotatable bonds is 9. The molecular weight excluding hydrogens is 356 g/mol. The van der Waals surface area contributed by atoms with Crippen LogP contribution in [0.5, 0.6) is 0 Å². The van der Waals surface area contributed by atoms with E-state index in [2.05, 4.69) is 5.32 Å². The van der Waals surface area contributed by atoms with E-state index < -0.39 is 10.0 Å². The minimum atomic E-state index is -3.42. The maximum absolute atomic E-state index is 12.4. The van der Waals surface area contributed by atoms with Crippen LogP contribution in [0.1, 0.15) is 24.3 Å². The summed E-state index contributed by atoms with van der Waals surface area (Å²) in [5.74, 6) is 0.00295. The van der Waals surface area contributed by atoms with Crippen LogP contribution in [-0.4, -0.2) is 38.3 Å². The van der Waals surface area contributed by atoms with Crippen LogP contribution in [-0.2, 0) is 27.7 Å². The Bertz CT molecular complexity index is 765. The molecule has 1 aromatic heterocycles. The molecule has 2 rings (SSSR count). The van der Waals surface area contributed by atoms with Crippen molar-refractivity contribution in [1.82, 2.24) is 9.62 Å². The van der Waals surface area contributed by atoms with Gasteiger partial charge in [-0.1, -0.05) is 32.0 Å². The van der Waals surface area contributed by atoms with Crippen LogP contribution < -0.4 is 5.32 Å². The van der Waals surface area contributed by atoms with E-state index in [1.807, 2.05) is 43.5 Å². The van der Waals surface area contributed by atoms with Gasteiger partial charge in [-0.25, -0.2) is 8.42 Å². The summed E-state index contributed by atoms with van der Waals surface area (Å²) < 4.78 is 26.3. The van der Waals surface area contributed by atoms with E-state index >= 15 is 0 Å². The lowest BCUT2D eigenvalue weighted by atomic mass is 10.1. The maximum Gasteiger partial charge on any atom is 0.243 e. The summed E-state index contributed by atoms with van der Waals surface area (Å²) in [4.78, 5) is 13.2. The van der Waals surface area contributed by atoms with Gasteiger partial charge in [-0.2, -0.15) is 4.31 Å². The number of carbonyl (C=O) groups is 1. The van der Waals surface area contributed by atoms with Crippen LogP contribution in [0.15, 0.2) is 46.7 Å². The molecule has 0 unspecified atom stereocenters. The van der Waals surface area contributed by atoms with E-state index in [9.17, 15) is 13.2 Å². The first-order valence-corrected chi connectivity index (χ1v) is 10.7. The van der Waals surface area contributed by atoms with Gasteiger partial charge in [0, 0.05) is 24.5 Å². The summed E-state index contributed by atoms with van der Waals surface area (Å²) in [5.41, 5.74) is 0.995. The van der Waals surface area contributed by atoms with Gasteiger partial charge in [-0.3, -0.25) is 4.79 Å². The van der Waals surface area contributed by atoms with Crippen LogP contribution >= 0.6 is 11.3 Å². The Labute approximate surface area is 153 Å². The van der Waals surface area contributed by atoms with Gasteiger partial charge in [0.25, 0.3) is 0 Å². The molecule has 0 saturated heterocycles. The van der Waals surface area contributed by atoms with Crippen molar-refractivity contribution in [3.05, 3.63) is 52.2 Å². The molecule has 1 heterocycles. The number of benzene rings is 1. The highest BCUT2D eigenvalue weighted by molar-refractivity contribution is 7.89. The van der Waals surface area contributed by atoms with E-state index in [4.69, 9.17) is 0 Å². The van der Waals surface area contributed by atoms with Crippen molar-refractivity contribution in [2.75, 3.05) is 19.6 Å². The molecule has 25 heavy (non-hydrogen) atoms. The molecule has 7 heteroatoms. The van der Waals surface area contributed by atoms with Crippen LogP contribution in [0.25, 0.3) is 0 Å². The molecule has 1 amide bonds. The molecule has 0 aliphatic heterocycles. The second kappa shape index (κ2) is 9.12. The van der Waals surface area contributed by atoms with Crippen LogP contribution in [0, 0.1) is 0 Å². The van der Waals surface area contributed by atoms with E-state index in [0.717, 1.165) is 10.4 Å². The fraction of sp³-hybridized carbons (Fsp3) is 0.389. The number of nitrogens with one attached hydrogen (secondary N) is 1. The van der Waals surface area contributed by atoms with Gasteiger partial charge in [0.2, 0.25) is 15.9 Å². The SMILES string of the molecule is CCN(CC)S(=O)(=O)c1ccc(CCNC(=O)Cc2cccs2)cc1. The predicted molar refractivity (Wildman–Crippen MR) is 101 cm³/mol. The monoisotopic (exact) mass is 380 g/mol. The Balaban J connectivity index is 1.87. The third kappa shape index (κ3) is 5.39. The number of nitrogens with zero attached hydrogens (tertiary/aromatic N) is 1. The second-order valence-corrected chi connectivity index (χ2v) is 8.56. The predicted octanol–water partition coefficient (Wildman–Crippen LogP) is 2.68. The highest BCUT2D eigenvalue weighted by Crippen LogP contribution is 2.16. The number of hydrogen-bond acceptors (Lipinski definition) is 4. The number of carbonyl (C=O) groups excluding carboxylic acids is 1. The van der Waals surface area contributed by atoms with E-state index in [0.29, 0.717) is 37.4 Å². The molecule has 0 spiro atoms. The summed E-state index contributed by atoms with van der Waals surface area (Å²) >= 11 is 1.57. The van der Waals surface area contributed by atoms with Crippen LogP contribution in [0.3, 0.4) is 0 Å². The Morgan fingerprint density at radius 1 is 1.12 bits per heavy atom. The molecule has 0 saturated carbocycles. The Kier molecular flexibility index (Phi) is 7.16. The Hall–Kier alpha value is -1.70. The second-order valence-electron chi connectivity index (χ2n) is 5.59. The minimum Gasteiger partial charge on any atom is -0.355 e. The number of amides is 1. The molecule has 0 fully saturated rings. The van der Waals surface area contributed by atoms with Gasteiger partial charge in [-0.05, 0) is 35.6 Å². The van der Waals surface area contributed by atoms with Gasteiger partial charge in [-0.15, -0.1) is 11.3 Å². The van der Waals surface area contributed by atoms with E-state index in [1.54, 1.807) is 23.5 Å². The molecule has 0 aliphatic carbocycles. The minimum absolute atomic E-state index is 0.00295. The maximum atomic E-state index is 12.4. The standard InChI is InChI=1S/C18H24N2O3S2/c1-3-20(4-2)25(22,23)17-9-7-15(8-10-17)11-12-19-18(21)14-16-6-5-13-24-16/h5-10,13H,3-4,11-12,14H2,1-2H3,(H,19,21). The highest BCUT2D eigenvalue weighted by atomic mass is 32.2. The molecule has 0 aliphatic rings. The summed E-state index contributed by atoms with van der Waals surface area (Å²) in [6.07, 6.45) is 1.07. The van der Waals surface area contributed by atoms with Crippen molar-refractivity contribution < 1.29 is 13.2 Å². The normalized spacial score (nSPS) is 11.6. The summed E-state index contributed by atoms with van der Waals surface area (Å²) in [5, 5.41) is 4.85. The molecule has 0 atom stereocenters. The van der Waals surface area contributed by atoms with Gasteiger partial charge < -0.3 is 5.32 Å². The zero-order chi connectivity index (χ0) is 18.3. The first kappa shape index (κ1) is 19.6. The van der Waals surface area contributed by atoms with E-state index in [-0.39, 0.29) is 5.91 Å². The molecule has 136 valence electrons. The molecule has 2 aromatic rings. The molecular formula is C18H24N2O3S2. The van der Waals surface area contributed by atoms with Crippen molar-refractivity contribution >= 4 is 27.3 Å². The smallest absolute Gasteiger partial charge is 0.243 e. The summed E-state index contributed by atoms with van der Waals surface area (Å²) in [7, 11) is -3.42. The van der Waals surface area contributed by atoms with Gasteiger partial charge in [0.15, 0.2) is 0 Å². The Morgan fingerprint density at radius 3 is 2.36 bits per heavy atom. The Morgan fingerprint density at radius 2 is 1.80 bits per heavy atom. The average Bonchev–Trinajstić information content (AvgIpc) is 3.09. The van der Waals surface area contributed by atoms with E-state index in [1.165, 1.54) is 4.31 Å². The topological polar surface area (TPSA) is 66.5 Å². The fourth-order valence-corrected chi connectivity index (χ4v) is 4.68. The largest absolute Gasteiger partial charge is 0.355 e. The lowest BCUT2D eigenvalue weighted by Gasteiger charge is -2.18. The summed E-state index contributed by atoms with van der Waals surface area (Å²) in [6.45, 7) is 5.10. The molecule has 1 aromatic carbocycles. The molecule has 0 bridgehead atoms. The summed E-state index contributed by atoms with van der Waals surface area (Å²) in [6, 6.07) is 10.8. The van der Waals surface area contributed by atoms with Crippen molar-refractivity contribution in [2.45, 2.75) is 31.6 Å². The van der Waals surface area contributed by atoms with Crippen molar-refractivity contribution in [2.24, 2.45) is 0 Å². The van der Waals surface area contributed by atoms with Gasteiger partial charge in [0.05, 0.1) is 11.3 Å². The van der Waals surface area contributed by atoms with Crippen molar-refractivity contribution in [1.29, 1.82) is 0 Å². The van der Waals surface area contributed by atoms with Gasteiger partial charge >= 0.3 is 0 Å². The van der Waals surface area contributed by atoms with Crippen LogP contribution in [0.2, 0.25) is 0 Å². The number of hydrogen-bond donors (Lipinski definition) is 1. The highest BCUT2D eigenvalue weighted by Gasteiger charge is 2.21.